The van der Waals surface area contributed by atoms with E-state index in [1.807, 2.05) is 6.92 Å². The van der Waals surface area contributed by atoms with Crippen LogP contribution >= 0.6 is 0 Å². The quantitative estimate of drug-likeness (QED) is 0.666. The predicted octanol–water partition coefficient (Wildman–Crippen LogP) is 2.95. The van der Waals surface area contributed by atoms with E-state index in [9.17, 15) is 13.5 Å². The van der Waals surface area contributed by atoms with Crippen molar-refractivity contribution in [2.45, 2.75) is 64.0 Å². The van der Waals surface area contributed by atoms with E-state index in [0.717, 1.165) is 31.4 Å². The number of benzene rings is 1. The monoisotopic (exact) mass is 436 g/mol. The van der Waals surface area contributed by atoms with Gasteiger partial charge in [0.15, 0.2) is 0 Å². The molecule has 30 heavy (non-hydrogen) atoms. The standard InChI is InChI=1S/C23H36N2O4S/c1-6-8-9-10-20-11-12-23-21(14-20)29-22(16-24(5)13-7-2)18(3)15-25(19(4)17-26)30(23,27)28/h11-12,14,18-19,22,26H,6-8,13,15-17H2,1-5H3/t18-,19+,22+/m0/s1. The fourth-order valence-corrected chi connectivity index (χ4v) is 5.42. The number of hydrogen-bond donors (Lipinski definition) is 1. The number of aliphatic hydroxyl groups excluding tert-OH is 1. The predicted molar refractivity (Wildman–Crippen MR) is 120 cm³/mol. The molecule has 3 atom stereocenters. The molecule has 0 spiro atoms. The molecule has 0 fully saturated rings. The molecule has 1 heterocycles. The van der Waals surface area contributed by atoms with Crippen LogP contribution in [0.3, 0.4) is 0 Å². The molecule has 6 nitrogen and oxygen atoms in total. The first-order valence-corrected chi connectivity index (χ1v) is 12.3. The molecule has 1 aromatic carbocycles. The lowest BCUT2D eigenvalue weighted by atomic mass is 10.0. The smallest absolute Gasteiger partial charge is 0.247 e. The van der Waals surface area contributed by atoms with Crippen LogP contribution in [0.1, 0.15) is 52.5 Å². The summed E-state index contributed by atoms with van der Waals surface area (Å²) in [6.07, 6.45) is 2.62. The van der Waals surface area contributed by atoms with Crippen molar-refractivity contribution in [3.05, 3.63) is 23.8 Å². The van der Waals surface area contributed by atoms with E-state index in [0.29, 0.717) is 18.8 Å². The Morgan fingerprint density at radius 3 is 2.70 bits per heavy atom. The summed E-state index contributed by atoms with van der Waals surface area (Å²) in [6.45, 7) is 9.64. The van der Waals surface area contributed by atoms with Crippen LogP contribution in [0.5, 0.6) is 5.75 Å². The summed E-state index contributed by atoms with van der Waals surface area (Å²) < 4.78 is 34.6. The molecule has 1 aliphatic heterocycles. The van der Waals surface area contributed by atoms with E-state index in [4.69, 9.17) is 4.74 Å². The maximum Gasteiger partial charge on any atom is 0.247 e. The molecule has 0 aliphatic carbocycles. The first-order valence-electron chi connectivity index (χ1n) is 10.8. The SMILES string of the molecule is CCCC#Cc1ccc2c(c1)O[C@H](CN(C)CCC)[C@@H](C)CN([C@H](C)CO)S2(=O)=O. The highest BCUT2D eigenvalue weighted by molar-refractivity contribution is 7.89. The fraction of sp³-hybridized carbons (Fsp3) is 0.652. The minimum Gasteiger partial charge on any atom is -0.487 e. The van der Waals surface area contributed by atoms with Crippen LogP contribution in [0.15, 0.2) is 23.1 Å². The summed E-state index contributed by atoms with van der Waals surface area (Å²) in [5.74, 6) is 6.50. The topological polar surface area (TPSA) is 70.1 Å². The third-order valence-electron chi connectivity index (χ3n) is 5.37. The number of fused-ring (bicyclic) bond motifs is 1. The van der Waals surface area contributed by atoms with Crippen molar-refractivity contribution in [3.63, 3.8) is 0 Å². The lowest BCUT2D eigenvalue weighted by molar-refractivity contribution is 0.0752. The van der Waals surface area contributed by atoms with Crippen molar-refractivity contribution in [2.75, 3.05) is 33.3 Å². The highest BCUT2D eigenvalue weighted by atomic mass is 32.2. The third-order valence-corrected chi connectivity index (χ3v) is 7.39. The average Bonchev–Trinajstić information content (AvgIpc) is 2.70. The van der Waals surface area contributed by atoms with Crippen LogP contribution in [0.2, 0.25) is 0 Å². The van der Waals surface area contributed by atoms with Gasteiger partial charge in [0.25, 0.3) is 0 Å². The van der Waals surface area contributed by atoms with E-state index >= 15 is 0 Å². The normalized spacial score (nSPS) is 22.2. The molecular weight excluding hydrogens is 400 g/mol. The molecule has 0 aromatic heterocycles. The first-order chi connectivity index (χ1) is 14.2. The van der Waals surface area contributed by atoms with Crippen molar-refractivity contribution in [2.24, 2.45) is 5.92 Å². The summed E-state index contributed by atoms with van der Waals surface area (Å²) in [7, 11) is -1.75. The molecule has 2 rings (SSSR count). The summed E-state index contributed by atoms with van der Waals surface area (Å²) >= 11 is 0. The van der Waals surface area contributed by atoms with Crippen molar-refractivity contribution >= 4 is 10.0 Å². The Kier molecular flexibility index (Phi) is 9.17. The number of sulfonamides is 1. The van der Waals surface area contributed by atoms with Gasteiger partial charge in [-0.25, -0.2) is 8.42 Å². The highest BCUT2D eigenvalue weighted by Gasteiger charge is 2.38. The van der Waals surface area contributed by atoms with Crippen molar-refractivity contribution in [1.82, 2.24) is 9.21 Å². The molecular formula is C23H36N2O4S. The second kappa shape index (κ2) is 11.1. The zero-order valence-corrected chi connectivity index (χ0v) is 19.7. The molecule has 0 saturated carbocycles. The van der Waals surface area contributed by atoms with Gasteiger partial charge in [-0.3, -0.25) is 0 Å². The second-order valence-electron chi connectivity index (χ2n) is 8.22. The molecule has 1 aliphatic rings. The lowest BCUT2D eigenvalue weighted by Crippen LogP contribution is -2.49. The Hall–Kier alpha value is -1.59. The van der Waals surface area contributed by atoms with Gasteiger partial charge in [-0.1, -0.05) is 32.6 Å². The van der Waals surface area contributed by atoms with Gasteiger partial charge < -0.3 is 14.7 Å². The average molecular weight is 437 g/mol. The van der Waals surface area contributed by atoms with E-state index < -0.39 is 16.1 Å². The molecule has 0 amide bonds. The number of ether oxygens (including phenoxy) is 1. The van der Waals surface area contributed by atoms with Crippen LogP contribution < -0.4 is 4.74 Å². The van der Waals surface area contributed by atoms with E-state index in [2.05, 4.69) is 37.6 Å². The Morgan fingerprint density at radius 2 is 2.07 bits per heavy atom. The molecule has 0 bridgehead atoms. The number of rotatable bonds is 7. The highest BCUT2D eigenvalue weighted by Crippen LogP contribution is 2.34. The van der Waals surface area contributed by atoms with E-state index in [1.165, 1.54) is 4.31 Å². The largest absolute Gasteiger partial charge is 0.487 e. The number of aliphatic hydroxyl groups is 1. The van der Waals surface area contributed by atoms with E-state index in [1.54, 1.807) is 25.1 Å². The van der Waals surface area contributed by atoms with Crippen LogP contribution in [0.25, 0.3) is 0 Å². The number of unbranched alkanes of at least 4 members (excludes halogenated alkanes) is 1. The molecule has 1 N–H and O–H groups in total. The Bertz CT molecular complexity index is 860. The molecule has 0 unspecified atom stereocenters. The Balaban J connectivity index is 2.53. The van der Waals surface area contributed by atoms with Gasteiger partial charge in [0, 0.05) is 37.0 Å². The minimum absolute atomic E-state index is 0.0453. The van der Waals surface area contributed by atoms with Gasteiger partial charge in [-0.05, 0) is 51.6 Å². The summed E-state index contributed by atoms with van der Waals surface area (Å²) in [4.78, 5) is 2.35. The number of likely N-dealkylation sites (N-methyl/N-ethyl adjacent to an activating group) is 1. The second-order valence-corrected chi connectivity index (χ2v) is 10.1. The number of hydrogen-bond acceptors (Lipinski definition) is 5. The third kappa shape index (κ3) is 5.98. The minimum atomic E-state index is -3.80. The molecule has 0 saturated heterocycles. The zero-order chi connectivity index (χ0) is 22.3. The first kappa shape index (κ1) is 24.7. The van der Waals surface area contributed by atoms with Gasteiger partial charge in [-0.2, -0.15) is 4.31 Å². The van der Waals surface area contributed by atoms with Crippen molar-refractivity contribution < 1.29 is 18.3 Å². The Labute approximate surface area is 182 Å². The van der Waals surface area contributed by atoms with Crippen LogP contribution in [-0.2, 0) is 10.0 Å². The van der Waals surface area contributed by atoms with Gasteiger partial charge in [-0.15, -0.1) is 0 Å². The fourth-order valence-electron chi connectivity index (χ4n) is 3.59. The Morgan fingerprint density at radius 1 is 1.33 bits per heavy atom. The van der Waals surface area contributed by atoms with Gasteiger partial charge in [0.1, 0.15) is 16.7 Å². The molecule has 168 valence electrons. The molecule has 1 aromatic rings. The maximum absolute atomic E-state index is 13.4. The van der Waals surface area contributed by atoms with Crippen LogP contribution in [-0.4, -0.2) is 68.2 Å². The summed E-state index contributed by atoms with van der Waals surface area (Å²) in [6, 6.07) is 4.54. The van der Waals surface area contributed by atoms with Gasteiger partial charge in [0.2, 0.25) is 10.0 Å². The molecule has 7 heteroatoms. The number of nitrogens with zero attached hydrogens (tertiary/aromatic N) is 2. The van der Waals surface area contributed by atoms with Crippen molar-refractivity contribution in [3.8, 4) is 17.6 Å². The zero-order valence-electron chi connectivity index (χ0n) is 18.9. The van der Waals surface area contributed by atoms with Gasteiger partial charge in [0.05, 0.1) is 6.61 Å². The van der Waals surface area contributed by atoms with E-state index in [-0.39, 0.29) is 23.5 Å². The van der Waals surface area contributed by atoms with Gasteiger partial charge >= 0.3 is 0 Å². The summed E-state index contributed by atoms with van der Waals surface area (Å²) in [5, 5.41) is 9.70. The summed E-state index contributed by atoms with van der Waals surface area (Å²) in [5.41, 5.74) is 0.744. The maximum atomic E-state index is 13.4. The lowest BCUT2D eigenvalue weighted by Gasteiger charge is -2.37. The van der Waals surface area contributed by atoms with Crippen LogP contribution in [0, 0.1) is 17.8 Å². The van der Waals surface area contributed by atoms with Crippen LogP contribution in [0.4, 0.5) is 0 Å². The molecule has 0 radical (unpaired) electrons. The van der Waals surface area contributed by atoms with Crippen molar-refractivity contribution in [1.29, 1.82) is 0 Å².